The Balaban J connectivity index is 1.72. The second-order valence-corrected chi connectivity index (χ2v) is 8.14. The highest BCUT2D eigenvalue weighted by Gasteiger charge is 2.22. The number of likely N-dealkylation sites (tertiary alicyclic amines) is 1. The fraction of sp³-hybridized carbons (Fsp3) is 0.714. The molecule has 1 atom stereocenters. The molecule has 2 N–H and O–H groups in total. The molecule has 2 aliphatic heterocycles. The van der Waals surface area contributed by atoms with Crippen molar-refractivity contribution in [3.8, 4) is 0 Å². The maximum absolute atomic E-state index is 6.03. The monoisotopic (exact) mass is 344 g/mol. The van der Waals surface area contributed by atoms with Crippen molar-refractivity contribution in [3.63, 3.8) is 0 Å². The van der Waals surface area contributed by atoms with E-state index in [0.29, 0.717) is 6.04 Å². The molecular weight excluding hydrogens is 308 g/mol. The summed E-state index contributed by atoms with van der Waals surface area (Å²) in [5.74, 6) is 0. The standard InChI is InChI=1S/C21H36N4/c1-17-12-19(15-24-10-8-23(3)9-11-24)18(2)20(13-17)16-25-7-5-4-6-21(25)14-22/h12-13,21H,4-11,14-16,22H2,1-3H3/t21-/m0/s1. The van der Waals surface area contributed by atoms with Crippen LogP contribution in [0.25, 0.3) is 0 Å². The number of likely N-dealkylation sites (N-methyl/N-ethyl adjacent to an activating group) is 1. The molecule has 0 aliphatic carbocycles. The van der Waals surface area contributed by atoms with E-state index in [9.17, 15) is 0 Å². The van der Waals surface area contributed by atoms with Gasteiger partial charge in [-0.15, -0.1) is 0 Å². The molecule has 4 nitrogen and oxygen atoms in total. The first kappa shape index (κ1) is 18.8. The van der Waals surface area contributed by atoms with Gasteiger partial charge in [0.1, 0.15) is 0 Å². The van der Waals surface area contributed by atoms with Gasteiger partial charge in [0.2, 0.25) is 0 Å². The Bertz CT molecular complexity index is 563. The third-order valence-corrected chi connectivity index (χ3v) is 6.15. The van der Waals surface area contributed by atoms with Crippen LogP contribution in [0.5, 0.6) is 0 Å². The fourth-order valence-corrected chi connectivity index (χ4v) is 4.34. The van der Waals surface area contributed by atoms with Crippen LogP contribution in [-0.2, 0) is 13.1 Å². The Morgan fingerprint density at radius 3 is 2.32 bits per heavy atom. The highest BCUT2D eigenvalue weighted by atomic mass is 15.2. The molecule has 2 aliphatic rings. The van der Waals surface area contributed by atoms with E-state index < -0.39 is 0 Å². The summed E-state index contributed by atoms with van der Waals surface area (Å²) in [6, 6.07) is 5.36. The van der Waals surface area contributed by atoms with Crippen molar-refractivity contribution in [2.45, 2.75) is 52.2 Å². The van der Waals surface area contributed by atoms with Crippen LogP contribution >= 0.6 is 0 Å². The molecule has 25 heavy (non-hydrogen) atoms. The summed E-state index contributed by atoms with van der Waals surface area (Å²) in [5.41, 5.74) is 11.9. The number of aryl methyl sites for hydroxylation is 1. The van der Waals surface area contributed by atoms with Gasteiger partial charge >= 0.3 is 0 Å². The number of piperazine rings is 1. The van der Waals surface area contributed by atoms with Crippen molar-refractivity contribution in [2.24, 2.45) is 5.73 Å². The lowest BCUT2D eigenvalue weighted by Gasteiger charge is -2.36. The lowest BCUT2D eigenvalue weighted by atomic mass is 9.96. The van der Waals surface area contributed by atoms with Crippen LogP contribution in [-0.4, -0.2) is 67.1 Å². The van der Waals surface area contributed by atoms with E-state index in [1.165, 1.54) is 74.2 Å². The van der Waals surface area contributed by atoms with Crippen molar-refractivity contribution in [1.29, 1.82) is 0 Å². The number of rotatable bonds is 5. The summed E-state index contributed by atoms with van der Waals surface area (Å²) in [4.78, 5) is 7.65. The van der Waals surface area contributed by atoms with Crippen LogP contribution in [0.4, 0.5) is 0 Å². The van der Waals surface area contributed by atoms with Gasteiger partial charge in [0, 0.05) is 51.9 Å². The summed E-state index contributed by atoms with van der Waals surface area (Å²) in [6.07, 6.45) is 3.91. The minimum absolute atomic E-state index is 0.565. The number of nitrogens with zero attached hydrogens (tertiary/aromatic N) is 3. The molecule has 0 aromatic heterocycles. The summed E-state index contributed by atoms with van der Waals surface area (Å²) in [5, 5.41) is 0. The zero-order valence-corrected chi connectivity index (χ0v) is 16.4. The van der Waals surface area contributed by atoms with Gasteiger partial charge < -0.3 is 10.6 Å². The van der Waals surface area contributed by atoms with Gasteiger partial charge in [0.15, 0.2) is 0 Å². The molecule has 2 saturated heterocycles. The largest absolute Gasteiger partial charge is 0.329 e. The normalized spacial score (nSPS) is 23.9. The van der Waals surface area contributed by atoms with Gasteiger partial charge in [-0.2, -0.15) is 0 Å². The summed E-state index contributed by atoms with van der Waals surface area (Å²) in [7, 11) is 2.22. The number of piperidine rings is 1. The third kappa shape index (κ3) is 4.82. The van der Waals surface area contributed by atoms with E-state index in [1.807, 2.05) is 0 Å². The van der Waals surface area contributed by atoms with Gasteiger partial charge in [0.05, 0.1) is 0 Å². The lowest BCUT2D eigenvalue weighted by molar-refractivity contribution is 0.143. The minimum Gasteiger partial charge on any atom is -0.329 e. The quantitative estimate of drug-likeness (QED) is 0.889. The molecule has 2 heterocycles. The van der Waals surface area contributed by atoms with E-state index >= 15 is 0 Å². The van der Waals surface area contributed by atoms with Crippen LogP contribution in [0.2, 0.25) is 0 Å². The topological polar surface area (TPSA) is 35.7 Å². The van der Waals surface area contributed by atoms with Crippen molar-refractivity contribution >= 4 is 0 Å². The Hall–Kier alpha value is -0.940. The highest BCUT2D eigenvalue weighted by molar-refractivity contribution is 5.38. The number of hydrogen-bond acceptors (Lipinski definition) is 4. The molecule has 3 rings (SSSR count). The smallest absolute Gasteiger partial charge is 0.0240 e. The zero-order valence-electron chi connectivity index (χ0n) is 16.4. The number of benzene rings is 1. The highest BCUT2D eigenvalue weighted by Crippen LogP contribution is 2.24. The molecule has 0 amide bonds. The molecule has 0 saturated carbocycles. The molecule has 4 heteroatoms. The van der Waals surface area contributed by atoms with Crippen LogP contribution in [0.1, 0.15) is 41.5 Å². The van der Waals surface area contributed by atoms with Crippen LogP contribution in [0.3, 0.4) is 0 Å². The Morgan fingerprint density at radius 1 is 0.960 bits per heavy atom. The Kier molecular flexibility index (Phi) is 6.50. The average Bonchev–Trinajstić information content (AvgIpc) is 2.61. The van der Waals surface area contributed by atoms with Gasteiger partial charge in [-0.25, -0.2) is 0 Å². The minimum atomic E-state index is 0.565. The first-order chi connectivity index (χ1) is 12.1. The van der Waals surface area contributed by atoms with E-state index in [1.54, 1.807) is 0 Å². The second kappa shape index (κ2) is 8.63. The predicted octanol–water partition coefficient (Wildman–Crippen LogP) is 2.36. The predicted molar refractivity (Wildman–Crippen MR) is 106 cm³/mol. The van der Waals surface area contributed by atoms with Gasteiger partial charge in [-0.05, 0) is 57.0 Å². The molecule has 0 spiro atoms. The van der Waals surface area contributed by atoms with E-state index in [0.717, 1.165) is 19.6 Å². The van der Waals surface area contributed by atoms with Crippen LogP contribution in [0, 0.1) is 13.8 Å². The summed E-state index contributed by atoms with van der Waals surface area (Å²) in [6.45, 7) is 13.4. The molecule has 140 valence electrons. The van der Waals surface area contributed by atoms with E-state index in [4.69, 9.17) is 5.73 Å². The van der Waals surface area contributed by atoms with E-state index in [-0.39, 0.29) is 0 Å². The van der Waals surface area contributed by atoms with Crippen LogP contribution in [0.15, 0.2) is 12.1 Å². The maximum atomic E-state index is 6.03. The Labute approximate surface area is 154 Å². The average molecular weight is 345 g/mol. The molecule has 0 unspecified atom stereocenters. The summed E-state index contributed by atoms with van der Waals surface area (Å²) >= 11 is 0. The number of nitrogens with two attached hydrogens (primary N) is 1. The lowest BCUT2D eigenvalue weighted by Crippen LogP contribution is -2.44. The third-order valence-electron chi connectivity index (χ3n) is 6.15. The first-order valence-electron chi connectivity index (χ1n) is 10.0. The zero-order chi connectivity index (χ0) is 17.8. The summed E-state index contributed by atoms with van der Waals surface area (Å²) < 4.78 is 0. The van der Waals surface area contributed by atoms with Gasteiger partial charge in [-0.3, -0.25) is 9.80 Å². The molecule has 0 radical (unpaired) electrons. The molecular formula is C21H36N4. The first-order valence-corrected chi connectivity index (χ1v) is 10.0. The molecule has 2 fully saturated rings. The van der Waals surface area contributed by atoms with Crippen molar-refractivity contribution < 1.29 is 0 Å². The second-order valence-electron chi connectivity index (χ2n) is 8.14. The molecule has 0 bridgehead atoms. The van der Waals surface area contributed by atoms with Crippen molar-refractivity contribution in [2.75, 3.05) is 46.3 Å². The maximum Gasteiger partial charge on any atom is 0.0240 e. The Morgan fingerprint density at radius 2 is 1.64 bits per heavy atom. The van der Waals surface area contributed by atoms with Crippen LogP contribution < -0.4 is 5.73 Å². The van der Waals surface area contributed by atoms with Crippen molar-refractivity contribution in [3.05, 3.63) is 34.4 Å². The van der Waals surface area contributed by atoms with Gasteiger partial charge in [0.25, 0.3) is 0 Å². The SMILES string of the molecule is Cc1cc(CN2CCN(C)CC2)c(C)c(CN2CCCC[C@H]2CN)c1. The van der Waals surface area contributed by atoms with Gasteiger partial charge in [-0.1, -0.05) is 24.1 Å². The number of hydrogen-bond donors (Lipinski definition) is 1. The molecule has 1 aromatic carbocycles. The molecule has 1 aromatic rings. The van der Waals surface area contributed by atoms with E-state index in [2.05, 4.69) is 47.7 Å². The van der Waals surface area contributed by atoms with Crippen molar-refractivity contribution in [1.82, 2.24) is 14.7 Å². The fourth-order valence-electron chi connectivity index (χ4n) is 4.34.